The molecule has 2 rings (SSSR count). The summed E-state index contributed by atoms with van der Waals surface area (Å²) in [6.45, 7) is 3.78. The van der Waals surface area contributed by atoms with Gasteiger partial charge in [-0.15, -0.1) is 0 Å². The molecular formula is C17H25N3O4S. The van der Waals surface area contributed by atoms with Gasteiger partial charge >= 0.3 is 12.1 Å². The molecule has 1 aromatic rings. The van der Waals surface area contributed by atoms with E-state index in [2.05, 4.69) is 10.6 Å². The second-order valence-corrected chi connectivity index (χ2v) is 8.41. The predicted octanol–water partition coefficient (Wildman–Crippen LogP) is 3.14. The molecule has 0 saturated heterocycles. The molecule has 1 saturated carbocycles. The summed E-state index contributed by atoms with van der Waals surface area (Å²) < 4.78 is 24.9. The molecular weight excluding hydrogens is 342 g/mol. The first-order valence-corrected chi connectivity index (χ1v) is 10.2. The molecule has 4 amide bonds. The molecule has 1 aliphatic rings. The molecule has 1 aromatic carbocycles. The number of rotatable bonds is 3. The van der Waals surface area contributed by atoms with Crippen LogP contribution in [0.25, 0.3) is 0 Å². The highest BCUT2D eigenvalue weighted by molar-refractivity contribution is 7.88. The summed E-state index contributed by atoms with van der Waals surface area (Å²) in [6.07, 6.45) is 5.02. The van der Waals surface area contributed by atoms with Gasteiger partial charge in [0, 0.05) is 11.7 Å². The molecule has 1 fully saturated rings. The maximum absolute atomic E-state index is 12.4. The highest BCUT2D eigenvalue weighted by Gasteiger charge is 2.33. The topological polar surface area (TPSA) is 95.6 Å². The van der Waals surface area contributed by atoms with E-state index in [4.69, 9.17) is 0 Å². The minimum Gasteiger partial charge on any atom is -0.307 e. The van der Waals surface area contributed by atoms with Crippen LogP contribution in [0.4, 0.5) is 15.3 Å². The zero-order valence-corrected chi connectivity index (χ0v) is 15.6. The molecule has 0 bridgehead atoms. The summed E-state index contributed by atoms with van der Waals surface area (Å²) in [5.74, 6) is 0. The van der Waals surface area contributed by atoms with Gasteiger partial charge < -0.3 is 5.32 Å². The zero-order chi connectivity index (χ0) is 18.6. The predicted molar refractivity (Wildman–Crippen MR) is 97.0 cm³/mol. The Morgan fingerprint density at radius 1 is 1.12 bits per heavy atom. The van der Waals surface area contributed by atoms with Gasteiger partial charge in [-0.3, -0.25) is 5.32 Å². The normalized spacial score (nSPS) is 15.5. The Bertz CT molecular complexity index is 755. The van der Waals surface area contributed by atoms with Crippen molar-refractivity contribution < 1.29 is 18.0 Å². The number of benzene rings is 1. The van der Waals surface area contributed by atoms with Crippen LogP contribution in [-0.2, 0) is 10.0 Å². The minimum absolute atomic E-state index is 0.391. The van der Waals surface area contributed by atoms with E-state index in [-0.39, 0.29) is 0 Å². The number of imide groups is 1. The third kappa shape index (κ3) is 5.19. The van der Waals surface area contributed by atoms with Crippen molar-refractivity contribution in [3.63, 3.8) is 0 Å². The molecule has 0 heterocycles. The van der Waals surface area contributed by atoms with Gasteiger partial charge in [0.1, 0.15) is 0 Å². The molecule has 25 heavy (non-hydrogen) atoms. The second kappa shape index (κ2) is 7.86. The Morgan fingerprint density at radius 3 is 2.32 bits per heavy atom. The summed E-state index contributed by atoms with van der Waals surface area (Å²) in [5.41, 5.74) is 2.48. The average molecular weight is 367 g/mol. The van der Waals surface area contributed by atoms with Crippen LogP contribution in [0.15, 0.2) is 18.2 Å². The van der Waals surface area contributed by atoms with Crippen LogP contribution in [0.3, 0.4) is 0 Å². The highest BCUT2D eigenvalue weighted by Crippen LogP contribution is 2.24. The molecule has 1 aliphatic carbocycles. The van der Waals surface area contributed by atoms with E-state index >= 15 is 0 Å². The Balaban J connectivity index is 2.07. The van der Waals surface area contributed by atoms with Crippen LogP contribution >= 0.6 is 0 Å². The van der Waals surface area contributed by atoms with Gasteiger partial charge in [0.05, 0.1) is 6.26 Å². The number of hydrogen-bond donors (Lipinski definition) is 2. The zero-order valence-electron chi connectivity index (χ0n) is 14.8. The number of anilines is 1. The van der Waals surface area contributed by atoms with Crippen molar-refractivity contribution in [3.05, 3.63) is 29.3 Å². The maximum atomic E-state index is 12.4. The Hall–Kier alpha value is -2.09. The van der Waals surface area contributed by atoms with E-state index in [1.807, 2.05) is 26.0 Å². The summed E-state index contributed by atoms with van der Waals surface area (Å²) in [4.78, 5) is 24.5. The minimum atomic E-state index is -3.75. The van der Waals surface area contributed by atoms with Gasteiger partial charge in [0.25, 0.3) is 0 Å². The molecule has 0 spiro atoms. The van der Waals surface area contributed by atoms with E-state index in [0.717, 1.165) is 41.0 Å². The first-order chi connectivity index (χ1) is 11.7. The number of amides is 4. The number of sulfonamides is 1. The lowest BCUT2D eigenvalue weighted by atomic mass is 9.96. The van der Waals surface area contributed by atoms with E-state index in [1.165, 1.54) is 0 Å². The Morgan fingerprint density at radius 2 is 1.76 bits per heavy atom. The number of aryl methyl sites for hydroxylation is 2. The monoisotopic (exact) mass is 367 g/mol. The summed E-state index contributed by atoms with van der Waals surface area (Å²) in [5, 5.41) is 4.72. The van der Waals surface area contributed by atoms with Crippen molar-refractivity contribution in [3.8, 4) is 0 Å². The van der Waals surface area contributed by atoms with Crippen molar-refractivity contribution >= 4 is 27.8 Å². The fourth-order valence-corrected chi connectivity index (χ4v) is 4.26. The standard InChI is InChI=1S/C17H25N3O4S/c1-12-9-10-15(13(2)11-12)18-16(21)19-17(22)20(25(3,23)24)14-7-5-4-6-8-14/h9-11,14H,4-8H2,1-3H3,(H2,18,19,21,22). The van der Waals surface area contributed by atoms with Gasteiger partial charge in [-0.2, -0.15) is 0 Å². The van der Waals surface area contributed by atoms with Crippen LogP contribution in [0, 0.1) is 13.8 Å². The third-order valence-electron chi connectivity index (χ3n) is 4.31. The number of carbonyl (C=O) groups is 2. The van der Waals surface area contributed by atoms with Crippen molar-refractivity contribution in [2.24, 2.45) is 0 Å². The molecule has 0 atom stereocenters. The van der Waals surface area contributed by atoms with Crippen LogP contribution < -0.4 is 10.6 Å². The summed E-state index contributed by atoms with van der Waals surface area (Å²) >= 11 is 0. The third-order valence-corrected chi connectivity index (χ3v) is 5.49. The quantitative estimate of drug-likeness (QED) is 0.858. The number of carbonyl (C=O) groups excluding carboxylic acids is 2. The number of hydrogen-bond acceptors (Lipinski definition) is 4. The molecule has 0 radical (unpaired) electrons. The fraction of sp³-hybridized carbons (Fsp3) is 0.529. The smallest absolute Gasteiger partial charge is 0.307 e. The first kappa shape index (κ1) is 19.2. The van der Waals surface area contributed by atoms with Crippen LogP contribution in [-0.4, -0.2) is 37.1 Å². The maximum Gasteiger partial charge on any atom is 0.339 e. The lowest BCUT2D eigenvalue weighted by Gasteiger charge is -2.32. The van der Waals surface area contributed by atoms with Crippen LogP contribution in [0.1, 0.15) is 43.2 Å². The van der Waals surface area contributed by atoms with Gasteiger partial charge in [-0.25, -0.2) is 22.3 Å². The summed E-state index contributed by atoms with van der Waals surface area (Å²) in [7, 11) is -3.75. The highest BCUT2D eigenvalue weighted by atomic mass is 32.2. The number of nitrogens with one attached hydrogen (secondary N) is 2. The van der Waals surface area contributed by atoms with E-state index in [0.29, 0.717) is 18.5 Å². The van der Waals surface area contributed by atoms with E-state index in [9.17, 15) is 18.0 Å². The molecule has 7 nitrogen and oxygen atoms in total. The van der Waals surface area contributed by atoms with Crippen molar-refractivity contribution in [2.45, 2.75) is 52.0 Å². The largest absolute Gasteiger partial charge is 0.339 e. The first-order valence-electron chi connectivity index (χ1n) is 8.37. The molecule has 138 valence electrons. The number of nitrogens with zero attached hydrogens (tertiary/aromatic N) is 1. The molecule has 8 heteroatoms. The lowest BCUT2D eigenvalue weighted by molar-refractivity contribution is 0.199. The van der Waals surface area contributed by atoms with Gasteiger partial charge in [-0.1, -0.05) is 37.0 Å². The van der Waals surface area contributed by atoms with E-state index < -0.39 is 28.1 Å². The average Bonchev–Trinajstić information content (AvgIpc) is 2.49. The van der Waals surface area contributed by atoms with Gasteiger partial charge in [0.2, 0.25) is 10.0 Å². The Kier molecular flexibility index (Phi) is 6.05. The lowest BCUT2D eigenvalue weighted by Crippen LogP contribution is -2.51. The SMILES string of the molecule is Cc1ccc(NC(=O)NC(=O)N(C2CCCCC2)S(C)(=O)=O)c(C)c1. The van der Waals surface area contributed by atoms with Gasteiger partial charge in [-0.05, 0) is 38.3 Å². The van der Waals surface area contributed by atoms with Crippen LogP contribution in [0.5, 0.6) is 0 Å². The Labute approximate surface area is 148 Å². The molecule has 0 aromatic heterocycles. The molecule has 0 unspecified atom stereocenters. The van der Waals surface area contributed by atoms with Crippen molar-refractivity contribution in [1.29, 1.82) is 0 Å². The fourth-order valence-electron chi connectivity index (χ4n) is 3.16. The van der Waals surface area contributed by atoms with Gasteiger partial charge in [0.15, 0.2) is 0 Å². The van der Waals surface area contributed by atoms with E-state index in [1.54, 1.807) is 6.07 Å². The second-order valence-electron chi connectivity index (χ2n) is 6.55. The van der Waals surface area contributed by atoms with Crippen molar-refractivity contribution in [1.82, 2.24) is 9.62 Å². The number of urea groups is 2. The molecule has 0 aliphatic heterocycles. The molecule has 2 N–H and O–H groups in total. The van der Waals surface area contributed by atoms with Crippen molar-refractivity contribution in [2.75, 3.05) is 11.6 Å². The van der Waals surface area contributed by atoms with Crippen LogP contribution in [0.2, 0.25) is 0 Å². The summed E-state index contributed by atoms with van der Waals surface area (Å²) in [6, 6.07) is 3.44.